The van der Waals surface area contributed by atoms with Crippen LogP contribution in [0.15, 0.2) is 24.3 Å². The van der Waals surface area contributed by atoms with Crippen LogP contribution in [0, 0.1) is 0 Å². The first-order valence-electron chi connectivity index (χ1n) is 6.63. The summed E-state index contributed by atoms with van der Waals surface area (Å²) in [5.41, 5.74) is 0.711. The summed E-state index contributed by atoms with van der Waals surface area (Å²) >= 11 is 5.96. The Morgan fingerprint density at radius 1 is 1.14 bits per heavy atom. The second-order valence-corrected chi connectivity index (χ2v) is 5.00. The summed E-state index contributed by atoms with van der Waals surface area (Å²) in [6.45, 7) is 1.33. The highest BCUT2D eigenvalue weighted by molar-refractivity contribution is 6.45. The van der Waals surface area contributed by atoms with Gasteiger partial charge in [0.25, 0.3) is 0 Å². The van der Waals surface area contributed by atoms with E-state index in [2.05, 4.69) is 5.32 Å². The van der Waals surface area contributed by atoms with Gasteiger partial charge in [0.05, 0.1) is 0 Å². The molecule has 8 heteroatoms. The normalized spacial score (nSPS) is 14.7. The molecule has 0 atom stereocenters. The van der Waals surface area contributed by atoms with Gasteiger partial charge < -0.3 is 5.32 Å². The van der Waals surface area contributed by atoms with Crippen molar-refractivity contribution < 1.29 is 19.2 Å². The number of nitrogens with one attached hydrogen (secondary N) is 1. The molecule has 1 saturated heterocycles. The minimum Gasteiger partial charge on any atom is -0.350 e. The molecule has 5 amide bonds. The molecule has 22 heavy (non-hydrogen) atoms. The van der Waals surface area contributed by atoms with E-state index < -0.39 is 30.3 Å². The molecule has 0 aromatic heterocycles. The van der Waals surface area contributed by atoms with Crippen LogP contribution in [0.4, 0.5) is 4.79 Å². The Morgan fingerprint density at radius 3 is 2.36 bits per heavy atom. The van der Waals surface area contributed by atoms with Crippen molar-refractivity contribution in [1.82, 2.24) is 15.1 Å². The number of amides is 5. The maximum atomic E-state index is 11.8. The number of hydrogen-bond donors (Lipinski definition) is 1. The first-order valence-corrected chi connectivity index (χ1v) is 7.01. The summed E-state index contributed by atoms with van der Waals surface area (Å²) in [6.07, 6.45) is 0. The fourth-order valence-corrected chi connectivity index (χ4v) is 2.21. The Balaban J connectivity index is 1.95. The second-order valence-electron chi connectivity index (χ2n) is 4.59. The zero-order valence-corrected chi connectivity index (χ0v) is 12.6. The van der Waals surface area contributed by atoms with E-state index in [-0.39, 0.29) is 13.1 Å². The first-order chi connectivity index (χ1) is 10.5. The van der Waals surface area contributed by atoms with Crippen molar-refractivity contribution in [3.63, 3.8) is 0 Å². The maximum absolute atomic E-state index is 11.8. The molecular weight excluding hydrogens is 310 g/mol. The standard InChI is InChI=1S/C14H14ClN3O4/c1-2-17-12(20)13(21)18(14(17)22)8-11(19)16-7-9-5-3-4-6-10(9)15/h3-6H,2,7-8H2,1H3,(H,16,19). The smallest absolute Gasteiger partial charge is 0.334 e. The van der Waals surface area contributed by atoms with Gasteiger partial charge in [0.2, 0.25) is 5.91 Å². The number of carbonyl (C=O) groups excluding carboxylic acids is 4. The van der Waals surface area contributed by atoms with Gasteiger partial charge in [0, 0.05) is 18.1 Å². The monoisotopic (exact) mass is 323 g/mol. The van der Waals surface area contributed by atoms with Gasteiger partial charge in [-0.05, 0) is 18.6 Å². The highest BCUT2D eigenvalue weighted by Crippen LogP contribution is 2.14. The molecular formula is C14H14ClN3O4. The van der Waals surface area contributed by atoms with Gasteiger partial charge in [0.15, 0.2) is 0 Å². The molecule has 1 fully saturated rings. The van der Waals surface area contributed by atoms with Crippen molar-refractivity contribution in [2.45, 2.75) is 13.5 Å². The number of imide groups is 2. The largest absolute Gasteiger partial charge is 0.350 e. The van der Waals surface area contributed by atoms with Crippen molar-refractivity contribution in [2.24, 2.45) is 0 Å². The van der Waals surface area contributed by atoms with Gasteiger partial charge in [-0.1, -0.05) is 29.8 Å². The molecule has 1 aliphatic heterocycles. The average Bonchev–Trinajstić information content (AvgIpc) is 2.70. The summed E-state index contributed by atoms with van der Waals surface area (Å²) in [6, 6.07) is 6.20. The molecule has 116 valence electrons. The van der Waals surface area contributed by atoms with Crippen molar-refractivity contribution in [3.8, 4) is 0 Å². The summed E-state index contributed by atoms with van der Waals surface area (Å²) < 4.78 is 0. The fourth-order valence-electron chi connectivity index (χ4n) is 2.00. The molecule has 1 heterocycles. The summed E-state index contributed by atoms with van der Waals surface area (Å²) in [5.74, 6) is -2.45. The SMILES string of the molecule is CCN1C(=O)C(=O)N(CC(=O)NCc2ccccc2Cl)C1=O. The van der Waals surface area contributed by atoms with Crippen molar-refractivity contribution in [1.29, 1.82) is 0 Å². The number of halogens is 1. The van der Waals surface area contributed by atoms with Crippen LogP contribution in [0.1, 0.15) is 12.5 Å². The van der Waals surface area contributed by atoms with Crippen LogP contribution in [-0.4, -0.2) is 46.6 Å². The predicted molar refractivity (Wildman–Crippen MR) is 77.8 cm³/mol. The molecule has 2 rings (SSSR count). The maximum Gasteiger partial charge on any atom is 0.334 e. The van der Waals surface area contributed by atoms with E-state index in [0.29, 0.717) is 15.5 Å². The number of benzene rings is 1. The third-order valence-corrected chi connectivity index (χ3v) is 3.56. The number of likely N-dealkylation sites (N-methyl/N-ethyl adjacent to an activating group) is 1. The Bertz CT molecular complexity index is 647. The van der Waals surface area contributed by atoms with E-state index in [1.54, 1.807) is 31.2 Å². The Hall–Kier alpha value is -2.41. The third kappa shape index (κ3) is 3.09. The minimum atomic E-state index is -0.986. The number of hydrogen-bond acceptors (Lipinski definition) is 4. The molecule has 1 aromatic carbocycles. The summed E-state index contributed by atoms with van der Waals surface area (Å²) in [7, 11) is 0. The molecule has 0 bridgehead atoms. The van der Waals surface area contributed by atoms with Crippen LogP contribution in [0.3, 0.4) is 0 Å². The van der Waals surface area contributed by atoms with E-state index in [9.17, 15) is 19.2 Å². The molecule has 0 unspecified atom stereocenters. The van der Waals surface area contributed by atoms with E-state index >= 15 is 0 Å². The Labute approximate surface area is 131 Å². The molecule has 0 aliphatic carbocycles. The predicted octanol–water partition coefficient (Wildman–Crippen LogP) is 0.767. The van der Waals surface area contributed by atoms with Gasteiger partial charge in [-0.25, -0.2) is 9.69 Å². The van der Waals surface area contributed by atoms with Gasteiger partial charge >= 0.3 is 17.8 Å². The lowest BCUT2D eigenvalue weighted by Crippen LogP contribution is -2.41. The zero-order valence-electron chi connectivity index (χ0n) is 11.8. The lowest BCUT2D eigenvalue weighted by atomic mass is 10.2. The van der Waals surface area contributed by atoms with Crippen molar-refractivity contribution in [2.75, 3.05) is 13.1 Å². The van der Waals surface area contributed by atoms with Crippen molar-refractivity contribution in [3.05, 3.63) is 34.9 Å². The van der Waals surface area contributed by atoms with Crippen LogP contribution in [0.5, 0.6) is 0 Å². The quantitative estimate of drug-likeness (QED) is 0.640. The van der Waals surface area contributed by atoms with Gasteiger partial charge in [-0.15, -0.1) is 0 Å². The summed E-state index contributed by atoms with van der Waals surface area (Å²) in [5, 5.41) is 3.06. The fraction of sp³-hybridized carbons (Fsp3) is 0.286. The average molecular weight is 324 g/mol. The third-order valence-electron chi connectivity index (χ3n) is 3.19. The van der Waals surface area contributed by atoms with Crippen LogP contribution in [0.25, 0.3) is 0 Å². The highest BCUT2D eigenvalue weighted by Gasteiger charge is 2.44. The number of rotatable bonds is 5. The van der Waals surface area contributed by atoms with Gasteiger partial charge in [0.1, 0.15) is 6.54 Å². The van der Waals surface area contributed by atoms with Gasteiger partial charge in [-0.3, -0.25) is 19.3 Å². The first kappa shape index (κ1) is 16.0. The van der Waals surface area contributed by atoms with Crippen LogP contribution in [0.2, 0.25) is 5.02 Å². The topological polar surface area (TPSA) is 86.8 Å². The molecule has 1 aromatic rings. The summed E-state index contributed by atoms with van der Waals surface area (Å²) in [4.78, 5) is 48.3. The van der Waals surface area contributed by atoms with Crippen LogP contribution >= 0.6 is 11.6 Å². The van der Waals surface area contributed by atoms with E-state index in [1.807, 2.05) is 0 Å². The molecule has 1 aliphatic rings. The highest BCUT2D eigenvalue weighted by atomic mass is 35.5. The molecule has 7 nitrogen and oxygen atoms in total. The second kappa shape index (κ2) is 6.57. The number of nitrogens with zero attached hydrogens (tertiary/aromatic N) is 2. The van der Waals surface area contributed by atoms with E-state index in [0.717, 1.165) is 4.90 Å². The van der Waals surface area contributed by atoms with Crippen molar-refractivity contribution >= 4 is 35.4 Å². The Morgan fingerprint density at radius 2 is 1.77 bits per heavy atom. The van der Waals surface area contributed by atoms with Crippen LogP contribution in [-0.2, 0) is 20.9 Å². The van der Waals surface area contributed by atoms with Crippen LogP contribution < -0.4 is 5.32 Å². The molecule has 0 radical (unpaired) electrons. The van der Waals surface area contributed by atoms with Gasteiger partial charge in [-0.2, -0.15) is 0 Å². The lowest BCUT2D eigenvalue weighted by molar-refractivity contribution is -0.143. The molecule has 0 spiro atoms. The number of urea groups is 1. The molecule has 0 saturated carbocycles. The minimum absolute atomic E-state index is 0.0845. The van der Waals surface area contributed by atoms with E-state index in [4.69, 9.17) is 11.6 Å². The lowest BCUT2D eigenvalue weighted by Gasteiger charge is -2.14. The zero-order chi connectivity index (χ0) is 16.3. The number of carbonyl (C=O) groups is 4. The molecule has 1 N–H and O–H groups in total. The van der Waals surface area contributed by atoms with E-state index in [1.165, 1.54) is 0 Å². The Kier molecular flexibility index (Phi) is 4.77.